The molecule has 0 radical (unpaired) electrons. The Morgan fingerprint density at radius 1 is 1.25 bits per heavy atom. The third-order valence-electron chi connectivity index (χ3n) is 5.26. The lowest BCUT2D eigenvalue weighted by atomic mass is 9.88. The Hall–Kier alpha value is -1.94. The predicted octanol–water partition coefficient (Wildman–Crippen LogP) is 4.39. The highest BCUT2D eigenvalue weighted by molar-refractivity contribution is 7.99. The quantitative estimate of drug-likeness (QED) is 0.645. The first-order chi connectivity index (χ1) is 14.6. The Morgan fingerprint density at radius 2 is 1.91 bits per heavy atom. The molecule has 1 atom stereocenters. The maximum absolute atomic E-state index is 14.7. The van der Waals surface area contributed by atoms with E-state index in [1.165, 1.54) is 28.8 Å². The molecular formula is C21H20Cl2F3N3O2S. The van der Waals surface area contributed by atoms with Crippen LogP contribution in [0.15, 0.2) is 41.3 Å². The molecule has 3 N–H and O–H groups in total. The molecule has 2 amide bonds. The average Bonchev–Trinajstić information content (AvgIpc) is 2.79. The summed E-state index contributed by atoms with van der Waals surface area (Å²) in [6.07, 6.45) is -0.950. The zero-order chi connectivity index (χ0) is 22.3. The first kappa shape index (κ1) is 24.7. The van der Waals surface area contributed by atoms with Crippen LogP contribution >= 0.6 is 35.8 Å². The minimum Gasteiger partial charge on any atom is -0.349 e. The fourth-order valence-electron chi connectivity index (χ4n) is 3.58. The van der Waals surface area contributed by atoms with E-state index in [2.05, 4.69) is 5.32 Å². The Bertz CT molecular complexity index is 1030. The fourth-order valence-corrected chi connectivity index (χ4v) is 4.71. The first-order valence-electron chi connectivity index (χ1n) is 9.59. The molecule has 11 heteroatoms. The lowest BCUT2D eigenvalue weighted by Gasteiger charge is -2.35. The molecule has 1 aliphatic heterocycles. The van der Waals surface area contributed by atoms with E-state index in [4.69, 9.17) is 17.3 Å². The van der Waals surface area contributed by atoms with Crippen molar-refractivity contribution in [3.8, 4) is 0 Å². The van der Waals surface area contributed by atoms with Gasteiger partial charge in [-0.2, -0.15) is 0 Å². The van der Waals surface area contributed by atoms with Crippen LogP contribution < -0.4 is 16.0 Å². The van der Waals surface area contributed by atoms with Crippen LogP contribution in [0, 0.1) is 5.82 Å². The Labute approximate surface area is 198 Å². The molecule has 1 fully saturated rings. The summed E-state index contributed by atoms with van der Waals surface area (Å²) < 4.78 is 40.8. The average molecular weight is 506 g/mol. The van der Waals surface area contributed by atoms with Crippen LogP contribution in [0.1, 0.15) is 28.8 Å². The van der Waals surface area contributed by atoms with Gasteiger partial charge in [0.05, 0.1) is 23.8 Å². The summed E-state index contributed by atoms with van der Waals surface area (Å²) in [4.78, 5) is 27.4. The van der Waals surface area contributed by atoms with Crippen LogP contribution in [0.25, 0.3) is 0 Å². The summed E-state index contributed by atoms with van der Waals surface area (Å²) >= 11 is 7.15. The topological polar surface area (TPSA) is 75.4 Å². The number of benzene rings is 2. The van der Waals surface area contributed by atoms with Crippen molar-refractivity contribution in [1.82, 2.24) is 5.32 Å². The van der Waals surface area contributed by atoms with Crippen molar-refractivity contribution in [2.24, 2.45) is 5.73 Å². The van der Waals surface area contributed by atoms with Crippen molar-refractivity contribution in [3.05, 3.63) is 58.4 Å². The summed E-state index contributed by atoms with van der Waals surface area (Å²) in [7, 11) is 0. The minimum absolute atomic E-state index is 0. The zero-order valence-electron chi connectivity index (χ0n) is 16.6. The van der Waals surface area contributed by atoms with Gasteiger partial charge >= 0.3 is 0 Å². The normalized spacial score (nSPS) is 20.0. The van der Waals surface area contributed by atoms with Crippen LogP contribution in [-0.4, -0.2) is 35.6 Å². The molecule has 5 nitrogen and oxygen atoms in total. The first-order valence-corrected chi connectivity index (χ1v) is 11.0. The molecule has 2 aromatic carbocycles. The van der Waals surface area contributed by atoms with Crippen molar-refractivity contribution in [3.63, 3.8) is 0 Å². The number of halogens is 5. The number of nitrogens with two attached hydrogens (primary N) is 1. The molecule has 0 bridgehead atoms. The lowest BCUT2D eigenvalue weighted by Crippen LogP contribution is -2.50. The standard InChI is InChI=1S/C21H19ClF3N3O2S.ClH/c22-12-3-1-11(2-4-12)9-28-17-5-14(19(29)27-13-7-21(24,25)8-13)15(23)6-18(17)31-10-16(26)20(28)30;/h1-6,13,16H,7-10,26H2,(H,27,29);1H/t16-;/m0./s1. The van der Waals surface area contributed by atoms with Gasteiger partial charge in [0, 0.05) is 34.6 Å². The molecule has 0 spiro atoms. The van der Waals surface area contributed by atoms with Crippen molar-refractivity contribution in [1.29, 1.82) is 0 Å². The van der Waals surface area contributed by atoms with Gasteiger partial charge in [-0.15, -0.1) is 24.2 Å². The SMILES string of the molecule is Cl.N[C@H]1CSc2cc(F)c(C(=O)NC3CC(F)(F)C3)cc2N(Cc2ccc(Cl)cc2)C1=O. The number of nitrogens with zero attached hydrogens (tertiary/aromatic N) is 1. The second-order valence-electron chi connectivity index (χ2n) is 7.70. The number of alkyl halides is 2. The van der Waals surface area contributed by atoms with Crippen molar-refractivity contribution in [2.75, 3.05) is 10.7 Å². The van der Waals surface area contributed by atoms with Gasteiger partial charge in [0.15, 0.2) is 0 Å². The van der Waals surface area contributed by atoms with Crippen molar-refractivity contribution < 1.29 is 22.8 Å². The van der Waals surface area contributed by atoms with Crippen LogP contribution in [0.4, 0.5) is 18.9 Å². The molecular weight excluding hydrogens is 486 g/mol. The number of hydrogen-bond acceptors (Lipinski definition) is 4. The molecule has 0 aromatic heterocycles. The highest BCUT2D eigenvalue weighted by Crippen LogP contribution is 2.39. The molecule has 1 aliphatic carbocycles. The third-order valence-corrected chi connectivity index (χ3v) is 6.68. The number of hydrogen-bond donors (Lipinski definition) is 2. The second kappa shape index (κ2) is 9.51. The van der Waals surface area contributed by atoms with Gasteiger partial charge in [-0.25, -0.2) is 13.2 Å². The summed E-state index contributed by atoms with van der Waals surface area (Å²) in [5, 5.41) is 2.98. The molecule has 0 unspecified atom stereocenters. The zero-order valence-corrected chi connectivity index (χ0v) is 19.0. The highest BCUT2D eigenvalue weighted by atomic mass is 35.5. The number of anilines is 1. The van der Waals surface area contributed by atoms with Gasteiger partial charge in [-0.05, 0) is 29.8 Å². The van der Waals surface area contributed by atoms with Crippen molar-refractivity contribution >= 4 is 53.3 Å². The van der Waals surface area contributed by atoms with E-state index in [0.717, 1.165) is 5.56 Å². The smallest absolute Gasteiger partial charge is 0.254 e. The van der Waals surface area contributed by atoms with E-state index in [-0.39, 0.29) is 36.2 Å². The van der Waals surface area contributed by atoms with Gasteiger partial charge < -0.3 is 16.0 Å². The Morgan fingerprint density at radius 3 is 2.53 bits per heavy atom. The third kappa shape index (κ3) is 5.17. The molecule has 1 saturated carbocycles. The minimum atomic E-state index is -2.81. The van der Waals surface area contributed by atoms with Gasteiger partial charge in [0.2, 0.25) is 5.91 Å². The molecule has 32 heavy (non-hydrogen) atoms. The largest absolute Gasteiger partial charge is 0.349 e. The summed E-state index contributed by atoms with van der Waals surface area (Å²) in [5.41, 5.74) is 6.82. The summed E-state index contributed by atoms with van der Waals surface area (Å²) in [5.74, 6) is -4.50. The summed E-state index contributed by atoms with van der Waals surface area (Å²) in [6.45, 7) is 0.152. The number of thioether (sulfide) groups is 1. The molecule has 0 saturated heterocycles. The van der Waals surface area contributed by atoms with Gasteiger partial charge in [-0.1, -0.05) is 23.7 Å². The number of nitrogens with one attached hydrogen (secondary N) is 1. The molecule has 1 heterocycles. The molecule has 172 valence electrons. The monoisotopic (exact) mass is 505 g/mol. The number of fused-ring (bicyclic) bond motifs is 1. The van der Waals surface area contributed by atoms with Crippen LogP contribution in [0.2, 0.25) is 5.02 Å². The highest BCUT2D eigenvalue weighted by Gasteiger charge is 2.46. The fraction of sp³-hybridized carbons (Fsp3) is 0.333. The Kier molecular flexibility index (Phi) is 7.34. The number of carbonyl (C=O) groups excluding carboxylic acids is 2. The van der Waals surface area contributed by atoms with Crippen molar-refractivity contribution in [2.45, 2.75) is 42.3 Å². The predicted molar refractivity (Wildman–Crippen MR) is 120 cm³/mol. The van der Waals surface area contributed by atoms with Gasteiger partial charge in [-0.3, -0.25) is 9.59 Å². The summed E-state index contributed by atoms with van der Waals surface area (Å²) in [6, 6.07) is 7.84. The maximum atomic E-state index is 14.7. The van der Waals surface area contributed by atoms with E-state index >= 15 is 0 Å². The van der Waals surface area contributed by atoms with Crippen LogP contribution in [0.5, 0.6) is 0 Å². The molecule has 2 aliphatic rings. The van der Waals surface area contributed by atoms with E-state index in [1.54, 1.807) is 24.3 Å². The molecule has 4 rings (SSSR count). The van der Waals surface area contributed by atoms with E-state index in [9.17, 15) is 22.8 Å². The number of carbonyl (C=O) groups is 2. The Balaban J connectivity index is 0.00000289. The van der Waals surface area contributed by atoms with E-state index in [0.29, 0.717) is 15.6 Å². The van der Waals surface area contributed by atoms with E-state index in [1.807, 2.05) is 0 Å². The van der Waals surface area contributed by atoms with Crippen LogP contribution in [-0.2, 0) is 11.3 Å². The second-order valence-corrected chi connectivity index (χ2v) is 9.20. The maximum Gasteiger partial charge on any atom is 0.254 e. The lowest BCUT2D eigenvalue weighted by molar-refractivity contribution is -0.119. The number of amides is 2. The molecule has 2 aromatic rings. The van der Waals surface area contributed by atoms with Gasteiger partial charge in [0.1, 0.15) is 5.82 Å². The van der Waals surface area contributed by atoms with Crippen LogP contribution in [0.3, 0.4) is 0 Å². The number of rotatable bonds is 4. The van der Waals surface area contributed by atoms with E-state index < -0.39 is 42.6 Å². The van der Waals surface area contributed by atoms with Gasteiger partial charge in [0.25, 0.3) is 11.8 Å².